The van der Waals surface area contributed by atoms with Crippen molar-refractivity contribution in [2.45, 2.75) is 19.9 Å². The summed E-state index contributed by atoms with van der Waals surface area (Å²) >= 11 is 0. The van der Waals surface area contributed by atoms with Crippen molar-refractivity contribution in [2.75, 3.05) is 5.32 Å². The van der Waals surface area contributed by atoms with Crippen LogP contribution in [0.4, 0.5) is 5.82 Å². The average Bonchev–Trinajstić information content (AvgIpc) is 2.95. The van der Waals surface area contributed by atoms with E-state index in [9.17, 15) is 9.59 Å². The van der Waals surface area contributed by atoms with Crippen LogP contribution in [0.1, 0.15) is 16.7 Å². The molecule has 114 valence electrons. The molecule has 1 aromatic carbocycles. The van der Waals surface area contributed by atoms with Crippen LogP contribution in [-0.4, -0.2) is 15.0 Å². The Hall–Kier alpha value is -2.63. The van der Waals surface area contributed by atoms with Crippen LogP contribution in [0.3, 0.4) is 0 Å². The van der Waals surface area contributed by atoms with Crippen molar-refractivity contribution in [3.63, 3.8) is 0 Å². The van der Waals surface area contributed by atoms with E-state index in [-0.39, 0.29) is 11.2 Å². The molecule has 1 N–H and O–H groups in total. The zero-order valence-corrected chi connectivity index (χ0v) is 12.9. The van der Waals surface area contributed by atoms with Crippen molar-refractivity contribution < 1.29 is 0 Å². The molecule has 0 radical (unpaired) electrons. The molecule has 0 spiro atoms. The van der Waals surface area contributed by atoms with Crippen LogP contribution < -0.4 is 16.6 Å². The van der Waals surface area contributed by atoms with Gasteiger partial charge in [-0.2, -0.15) is 0 Å². The number of nitrogens with one attached hydrogen (secondary N) is 1. The van der Waals surface area contributed by atoms with Crippen molar-refractivity contribution in [1.29, 1.82) is 0 Å². The molecular formula is C16H18N4O2. The zero-order valence-electron chi connectivity index (χ0n) is 12.9. The maximum absolute atomic E-state index is 12.1. The van der Waals surface area contributed by atoms with Crippen molar-refractivity contribution in [3.05, 3.63) is 61.8 Å². The maximum Gasteiger partial charge on any atom is 0.332 e. The van der Waals surface area contributed by atoms with Gasteiger partial charge < -0.3 is 5.32 Å². The molecular weight excluding hydrogens is 280 g/mol. The third-order valence-corrected chi connectivity index (χ3v) is 3.94. The van der Waals surface area contributed by atoms with Gasteiger partial charge in [0, 0.05) is 20.5 Å². The first kappa shape index (κ1) is 14.3. The SMILES string of the molecule is Cc1ccc(CN=C2Cc3c(n(C)c(=O)n(C)c3=O)N2)cc1. The minimum absolute atomic E-state index is 0.258. The number of nitrogens with zero attached hydrogens (tertiary/aromatic N) is 3. The number of anilines is 1. The summed E-state index contributed by atoms with van der Waals surface area (Å²) < 4.78 is 2.58. The first-order valence-corrected chi connectivity index (χ1v) is 7.12. The first-order valence-electron chi connectivity index (χ1n) is 7.12. The van der Waals surface area contributed by atoms with Gasteiger partial charge in [0.15, 0.2) is 0 Å². The van der Waals surface area contributed by atoms with E-state index >= 15 is 0 Å². The van der Waals surface area contributed by atoms with E-state index in [2.05, 4.69) is 10.3 Å². The Morgan fingerprint density at radius 3 is 2.50 bits per heavy atom. The molecule has 1 aliphatic rings. The van der Waals surface area contributed by atoms with Gasteiger partial charge in [-0.05, 0) is 12.5 Å². The molecule has 0 saturated carbocycles. The summed E-state index contributed by atoms with van der Waals surface area (Å²) in [7, 11) is 3.14. The van der Waals surface area contributed by atoms with Gasteiger partial charge in [-0.3, -0.25) is 18.9 Å². The fourth-order valence-electron chi connectivity index (χ4n) is 2.56. The fourth-order valence-corrected chi connectivity index (χ4v) is 2.56. The van der Waals surface area contributed by atoms with E-state index in [1.165, 1.54) is 17.2 Å². The number of fused-ring (bicyclic) bond motifs is 1. The topological polar surface area (TPSA) is 68.4 Å². The van der Waals surface area contributed by atoms with Gasteiger partial charge in [0.05, 0.1) is 12.1 Å². The number of aryl methyl sites for hydroxylation is 1. The van der Waals surface area contributed by atoms with Gasteiger partial charge in [-0.25, -0.2) is 4.79 Å². The number of benzene rings is 1. The molecule has 6 heteroatoms. The number of hydrogen-bond donors (Lipinski definition) is 1. The van der Waals surface area contributed by atoms with Gasteiger partial charge in [0.25, 0.3) is 5.56 Å². The van der Waals surface area contributed by atoms with Crippen LogP contribution in [0.5, 0.6) is 0 Å². The Bertz CT molecular complexity index is 873. The van der Waals surface area contributed by atoms with Crippen molar-refractivity contribution in [1.82, 2.24) is 9.13 Å². The highest BCUT2D eigenvalue weighted by Gasteiger charge is 2.24. The minimum atomic E-state index is -0.337. The lowest BCUT2D eigenvalue weighted by atomic mass is 10.1. The summed E-state index contributed by atoms with van der Waals surface area (Å²) in [5.74, 6) is 1.27. The average molecular weight is 298 g/mol. The van der Waals surface area contributed by atoms with E-state index in [0.29, 0.717) is 30.2 Å². The number of rotatable bonds is 2. The minimum Gasteiger partial charge on any atom is -0.329 e. The maximum atomic E-state index is 12.1. The molecule has 0 atom stereocenters. The lowest BCUT2D eigenvalue weighted by Gasteiger charge is -2.07. The van der Waals surface area contributed by atoms with E-state index < -0.39 is 0 Å². The molecule has 1 aliphatic heterocycles. The highest BCUT2D eigenvalue weighted by Crippen LogP contribution is 2.18. The second-order valence-electron chi connectivity index (χ2n) is 5.58. The third kappa shape index (κ3) is 2.36. The molecule has 0 saturated heterocycles. The molecule has 0 bridgehead atoms. The first-order chi connectivity index (χ1) is 10.5. The molecule has 0 unspecified atom stereocenters. The van der Waals surface area contributed by atoms with Crippen LogP contribution in [0.15, 0.2) is 38.8 Å². The van der Waals surface area contributed by atoms with Gasteiger partial charge in [-0.15, -0.1) is 0 Å². The molecule has 6 nitrogen and oxygen atoms in total. The van der Waals surface area contributed by atoms with Gasteiger partial charge in [0.1, 0.15) is 11.7 Å². The Balaban J connectivity index is 1.88. The molecule has 0 amide bonds. The molecule has 22 heavy (non-hydrogen) atoms. The highest BCUT2D eigenvalue weighted by atomic mass is 16.2. The van der Waals surface area contributed by atoms with E-state index in [4.69, 9.17) is 0 Å². The summed E-state index contributed by atoms with van der Waals surface area (Å²) in [5, 5.41) is 3.09. The normalized spacial score (nSPS) is 15.0. The summed E-state index contributed by atoms with van der Waals surface area (Å²) in [4.78, 5) is 28.6. The Morgan fingerprint density at radius 1 is 1.14 bits per heavy atom. The predicted octanol–water partition coefficient (Wildman–Crippen LogP) is 0.959. The number of amidine groups is 1. The second-order valence-corrected chi connectivity index (χ2v) is 5.58. The van der Waals surface area contributed by atoms with Crippen LogP contribution >= 0.6 is 0 Å². The summed E-state index contributed by atoms with van der Waals surface area (Å²) in [6, 6.07) is 8.17. The van der Waals surface area contributed by atoms with Gasteiger partial charge in [-0.1, -0.05) is 29.8 Å². The van der Waals surface area contributed by atoms with Crippen LogP contribution in [-0.2, 0) is 27.1 Å². The summed E-state index contributed by atoms with van der Waals surface area (Å²) in [5.41, 5.74) is 2.31. The summed E-state index contributed by atoms with van der Waals surface area (Å²) in [6.07, 6.45) is 0.433. The summed E-state index contributed by atoms with van der Waals surface area (Å²) in [6.45, 7) is 2.59. The van der Waals surface area contributed by atoms with Crippen LogP contribution in [0, 0.1) is 6.92 Å². The highest BCUT2D eigenvalue weighted by molar-refractivity contribution is 6.01. The molecule has 3 rings (SSSR count). The smallest absolute Gasteiger partial charge is 0.329 e. The molecule has 2 aromatic rings. The number of aliphatic imine (C=N–C) groups is 1. The van der Waals surface area contributed by atoms with Crippen LogP contribution in [0.2, 0.25) is 0 Å². The molecule has 0 aliphatic carbocycles. The van der Waals surface area contributed by atoms with Crippen molar-refractivity contribution >= 4 is 11.7 Å². The lowest BCUT2D eigenvalue weighted by molar-refractivity contribution is 0.687. The second kappa shape index (κ2) is 5.29. The fraction of sp³-hybridized carbons (Fsp3) is 0.312. The molecule has 1 aromatic heterocycles. The molecule has 0 fully saturated rings. The standard InChI is InChI=1S/C16H18N4O2/c1-10-4-6-11(7-5-10)9-17-13-8-12-14(18-13)19(2)16(22)20(3)15(12)21/h4-7H,8-9H2,1-3H3,(H,17,18). The van der Waals surface area contributed by atoms with Crippen molar-refractivity contribution in [2.24, 2.45) is 19.1 Å². The zero-order chi connectivity index (χ0) is 15.9. The Kier molecular flexibility index (Phi) is 3.44. The molecule has 2 heterocycles. The lowest BCUT2D eigenvalue weighted by Crippen LogP contribution is -2.38. The number of hydrogen-bond acceptors (Lipinski definition) is 3. The van der Waals surface area contributed by atoms with Crippen molar-refractivity contribution in [3.8, 4) is 0 Å². The van der Waals surface area contributed by atoms with Gasteiger partial charge >= 0.3 is 5.69 Å². The Morgan fingerprint density at radius 2 is 1.82 bits per heavy atom. The quantitative estimate of drug-likeness (QED) is 0.898. The van der Waals surface area contributed by atoms with E-state index in [0.717, 1.165) is 10.1 Å². The van der Waals surface area contributed by atoms with Gasteiger partial charge in [0.2, 0.25) is 0 Å². The monoisotopic (exact) mass is 298 g/mol. The number of aromatic nitrogens is 2. The largest absolute Gasteiger partial charge is 0.332 e. The Labute approximate surface area is 127 Å². The predicted molar refractivity (Wildman–Crippen MR) is 86.6 cm³/mol. The van der Waals surface area contributed by atoms with E-state index in [1.807, 2.05) is 31.2 Å². The third-order valence-electron chi connectivity index (χ3n) is 3.94. The van der Waals surface area contributed by atoms with E-state index in [1.54, 1.807) is 7.05 Å². The van der Waals surface area contributed by atoms with Crippen LogP contribution in [0.25, 0.3) is 0 Å².